The van der Waals surface area contributed by atoms with Gasteiger partial charge in [-0.15, -0.1) is 0 Å². The van der Waals surface area contributed by atoms with Gasteiger partial charge in [-0.2, -0.15) is 0 Å². The molecule has 0 bridgehead atoms. The van der Waals surface area contributed by atoms with Gasteiger partial charge >= 0.3 is 0 Å². The van der Waals surface area contributed by atoms with Crippen LogP contribution in [-0.4, -0.2) is 21.5 Å². The van der Waals surface area contributed by atoms with Crippen molar-refractivity contribution in [3.8, 4) is 0 Å². The van der Waals surface area contributed by atoms with Crippen LogP contribution >= 0.6 is 0 Å². The van der Waals surface area contributed by atoms with E-state index in [-0.39, 0.29) is 0 Å². The molecule has 0 saturated heterocycles. The maximum absolute atomic E-state index is 4.70. The van der Waals surface area contributed by atoms with Crippen molar-refractivity contribution in [2.75, 3.05) is 17.2 Å². The second-order valence-electron chi connectivity index (χ2n) is 5.38. The van der Waals surface area contributed by atoms with Crippen LogP contribution in [0.5, 0.6) is 0 Å². The van der Waals surface area contributed by atoms with E-state index in [1.54, 1.807) is 0 Å². The number of pyridine rings is 1. The Morgan fingerprint density at radius 3 is 2.52 bits per heavy atom. The zero-order valence-electron chi connectivity index (χ0n) is 12.6. The average Bonchev–Trinajstić information content (AvgIpc) is 3.34. The Bertz CT molecular complexity index is 608. The van der Waals surface area contributed by atoms with Crippen LogP contribution < -0.4 is 10.6 Å². The second kappa shape index (κ2) is 6.08. The van der Waals surface area contributed by atoms with Gasteiger partial charge < -0.3 is 10.6 Å². The number of nitrogens with one attached hydrogen (secondary N) is 2. The lowest BCUT2D eigenvalue weighted by Crippen LogP contribution is -2.11. The Balaban J connectivity index is 1.82. The molecule has 21 heavy (non-hydrogen) atoms. The first-order valence-electron chi connectivity index (χ1n) is 7.54. The van der Waals surface area contributed by atoms with Crippen LogP contribution in [0.25, 0.3) is 0 Å². The number of hydrogen-bond acceptors (Lipinski definition) is 5. The fraction of sp³-hybridized carbons (Fsp3) is 0.438. The van der Waals surface area contributed by atoms with Gasteiger partial charge in [0.25, 0.3) is 0 Å². The van der Waals surface area contributed by atoms with Crippen molar-refractivity contribution in [1.29, 1.82) is 0 Å². The van der Waals surface area contributed by atoms with E-state index in [4.69, 9.17) is 4.98 Å². The van der Waals surface area contributed by atoms with Gasteiger partial charge in [0.1, 0.15) is 17.5 Å². The normalized spacial score (nSPS) is 14.0. The number of rotatable bonds is 6. The number of anilines is 2. The average molecular weight is 283 g/mol. The predicted molar refractivity (Wildman–Crippen MR) is 84.5 cm³/mol. The summed E-state index contributed by atoms with van der Waals surface area (Å²) >= 11 is 0. The molecule has 1 fully saturated rings. The smallest absolute Gasteiger partial charge is 0.136 e. The molecule has 1 aliphatic rings. The maximum Gasteiger partial charge on any atom is 0.136 e. The van der Waals surface area contributed by atoms with Crippen LogP contribution in [0.3, 0.4) is 0 Å². The third-order valence-electron chi connectivity index (χ3n) is 3.61. The lowest BCUT2D eigenvalue weighted by atomic mass is 10.2. The first kappa shape index (κ1) is 13.8. The lowest BCUT2D eigenvalue weighted by molar-refractivity contribution is 0.905. The van der Waals surface area contributed by atoms with Crippen molar-refractivity contribution in [3.63, 3.8) is 0 Å². The standard InChI is InChI=1S/C16H21N5/c1-3-17-14-11(2)15(21-16(20-14)12-7-8-12)19-10-13-6-4-5-9-18-13/h4-6,9,12H,3,7-8,10H2,1-2H3,(H2,17,19,20,21). The first-order valence-corrected chi connectivity index (χ1v) is 7.54. The third kappa shape index (κ3) is 3.29. The molecule has 110 valence electrons. The van der Waals surface area contributed by atoms with Crippen molar-refractivity contribution >= 4 is 11.6 Å². The molecule has 1 aliphatic carbocycles. The summed E-state index contributed by atoms with van der Waals surface area (Å²) in [6.07, 6.45) is 4.21. The summed E-state index contributed by atoms with van der Waals surface area (Å²) in [6, 6.07) is 5.93. The van der Waals surface area contributed by atoms with Crippen molar-refractivity contribution in [1.82, 2.24) is 15.0 Å². The summed E-state index contributed by atoms with van der Waals surface area (Å²) in [6.45, 7) is 5.67. The van der Waals surface area contributed by atoms with Gasteiger partial charge in [0.15, 0.2) is 0 Å². The van der Waals surface area contributed by atoms with E-state index in [2.05, 4.69) is 34.4 Å². The van der Waals surface area contributed by atoms with Gasteiger partial charge in [-0.05, 0) is 38.8 Å². The van der Waals surface area contributed by atoms with E-state index in [0.29, 0.717) is 12.5 Å². The molecule has 0 unspecified atom stereocenters. The monoisotopic (exact) mass is 283 g/mol. The molecule has 2 aromatic rings. The molecule has 0 aliphatic heterocycles. The zero-order valence-corrected chi connectivity index (χ0v) is 12.6. The topological polar surface area (TPSA) is 62.7 Å². The van der Waals surface area contributed by atoms with E-state index >= 15 is 0 Å². The Morgan fingerprint density at radius 2 is 1.90 bits per heavy atom. The first-order chi connectivity index (χ1) is 10.3. The molecule has 1 saturated carbocycles. The minimum Gasteiger partial charge on any atom is -0.370 e. The van der Waals surface area contributed by atoms with Crippen LogP contribution in [0.15, 0.2) is 24.4 Å². The highest BCUT2D eigenvalue weighted by molar-refractivity contribution is 5.57. The Hall–Kier alpha value is -2.17. The van der Waals surface area contributed by atoms with Crippen LogP contribution in [0.4, 0.5) is 11.6 Å². The predicted octanol–water partition coefficient (Wildman–Crippen LogP) is 3.10. The molecule has 0 amide bonds. The van der Waals surface area contributed by atoms with E-state index in [1.165, 1.54) is 12.8 Å². The van der Waals surface area contributed by atoms with Gasteiger partial charge in [-0.25, -0.2) is 9.97 Å². The number of aromatic nitrogens is 3. The molecule has 2 N–H and O–H groups in total. The van der Waals surface area contributed by atoms with Crippen molar-refractivity contribution in [3.05, 3.63) is 41.5 Å². The highest BCUT2D eigenvalue weighted by Gasteiger charge is 2.28. The van der Waals surface area contributed by atoms with Crippen molar-refractivity contribution in [2.24, 2.45) is 0 Å². The molecule has 0 radical (unpaired) electrons. The molecule has 2 heterocycles. The molecular formula is C16H21N5. The summed E-state index contributed by atoms with van der Waals surface area (Å²) in [5.74, 6) is 3.35. The molecule has 0 aromatic carbocycles. The summed E-state index contributed by atoms with van der Waals surface area (Å²) < 4.78 is 0. The Kier molecular flexibility index (Phi) is 3.99. The molecule has 5 heteroatoms. The summed E-state index contributed by atoms with van der Waals surface area (Å²) in [5, 5.41) is 6.73. The van der Waals surface area contributed by atoms with Gasteiger partial charge in [0.2, 0.25) is 0 Å². The van der Waals surface area contributed by atoms with E-state index in [1.807, 2.05) is 24.4 Å². The second-order valence-corrected chi connectivity index (χ2v) is 5.38. The van der Waals surface area contributed by atoms with Crippen LogP contribution in [0.1, 0.15) is 42.8 Å². The van der Waals surface area contributed by atoms with Gasteiger partial charge in [0, 0.05) is 24.2 Å². The van der Waals surface area contributed by atoms with E-state index in [0.717, 1.165) is 35.3 Å². The molecule has 2 aromatic heterocycles. The van der Waals surface area contributed by atoms with Gasteiger partial charge in [-0.1, -0.05) is 6.07 Å². The fourth-order valence-corrected chi connectivity index (χ4v) is 2.25. The zero-order chi connectivity index (χ0) is 14.7. The molecule has 0 spiro atoms. The molecular weight excluding hydrogens is 262 g/mol. The number of nitrogens with zero attached hydrogens (tertiary/aromatic N) is 3. The highest BCUT2D eigenvalue weighted by atomic mass is 15.1. The van der Waals surface area contributed by atoms with E-state index < -0.39 is 0 Å². The summed E-state index contributed by atoms with van der Waals surface area (Å²) in [5.41, 5.74) is 2.07. The molecule has 5 nitrogen and oxygen atoms in total. The Morgan fingerprint density at radius 1 is 1.14 bits per heavy atom. The lowest BCUT2D eigenvalue weighted by Gasteiger charge is -2.14. The van der Waals surface area contributed by atoms with Gasteiger partial charge in [-0.3, -0.25) is 4.98 Å². The minimum atomic E-state index is 0.540. The fourth-order valence-electron chi connectivity index (χ4n) is 2.25. The van der Waals surface area contributed by atoms with Crippen molar-refractivity contribution < 1.29 is 0 Å². The van der Waals surface area contributed by atoms with Crippen LogP contribution in [0.2, 0.25) is 0 Å². The third-order valence-corrected chi connectivity index (χ3v) is 3.61. The summed E-state index contributed by atoms with van der Waals surface area (Å²) in [4.78, 5) is 13.7. The molecule has 3 rings (SSSR count). The van der Waals surface area contributed by atoms with Crippen LogP contribution in [-0.2, 0) is 6.54 Å². The Labute approximate surface area is 125 Å². The minimum absolute atomic E-state index is 0.540. The van der Waals surface area contributed by atoms with Crippen molar-refractivity contribution in [2.45, 2.75) is 39.2 Å². The largest absolute Gasteiger partial charge is 0.370 e. The van der Waals surface area contributed by atoms with Crippen LogP contribution in [0, 0.1) is 6.92 Å². The maximum atomic E-state index is 4.70. The highest BCUT2D eigenvalue weighted by Crippen LogP contribution is 2.39. The SMILES string of the molecule is CCNc1nc(C2CC2)nc(NCc2ccccn2)c1C. The molecule has 0 atom stereocenters. The summed E-state index contributed by atoms with van der Waals surface area (Å²) in [7, 11) is 0. The number of hydrogen-bond donors (Lipinski definition) is 2. The quantitative estimate of drug-likeness (QED) is 0.853. The van der Waals surface area contributed by atoms with E-state index in [9.17, 15) is 0 Å². The van der Waals surface area contributed by atoms with Gasteiger partial charge in [0.05, 0.1) is 12.2 Å².